The largest absolute Gasteiger partial charge is 0.373 e. The fourth-order valence-electron chi connectivity index (χ4n) is 6.38. The summed E-state index contributed by atoms with van der Waals surface area (Å²) in [5, 5.41) is 30.6. The maximum atomic E-state index is 13.9. The van der Waals surface area contributed by atoms with E-state index in [-0.39, 0.29) is 27.7 Å². The lowest BCUT2D eigenvalue weighted by Crippen LogP contribution is -2.58. The van der Waals surface area contributed by atoms with Gasteiger partial charge < -0.3 is 16.0 Å². The standard InChI is InChI=1S/C33H32Cl2FN9/c1-32(2)13-23(14-33(3,4)43-32)45-18-28(42-44-45)30(19-6-5-9-38-16-19)41-22-10-24-29(40-21-7-8-27(36)25(34)11-21)20(15-37)17-39-31(24)26(35)12-22/h5-12,16-18,23,30,41,43H,13-14H2,1-4H3,(H,39,40)/t30-/m0/s1. The van der Waals surface area contributed by atoms with E-state index < -0.39 is 11.9 Å². The molecule has 1 atom stereocenters. The number of hydrogen-bond acceptors (Lipinski definition) is 8. The van der Waals surface area contributed by atoms with E-state index in [1.165, 1.54) is 18.3 Å². The molecule has 0 unspecified atom stereocenters. The molecule has 0 spiro atoms. The number of nitrogens with one attached hydrogen (secondary N) is 3. The second kappa shape index (κ2) is 11.9. The Balaban J connectivity index is 1.39. The van der Waals surface area contributed by atoms with Gasteiger partial charge in [-0.05, 0) is 82.5 Å². The van der Waals surface area contributed by atoms with Crippen LogP contribution in [0.25, 0.3) is 10.9 Å². The van der Waals surface area contributed by atoms with Crippen molar-refractivity contribution in [3.8, 4) is 6.07 Å². The molecule has 1 saturated heterocycles. The number of anilines is 3. The van der Waals surface area contributed by atoms with Crippen LogP contribution in [0.5, 0.6) is 0 Å². The predicted octanol–water partition coefficient (Wildman–Crippen LogP) is 7.97. The number of nitriles is 1. The van der Waals surface area contributed by atoms with Crippen molar-refractivity contribution in [1.29, 1.82) is 5.26 Å². The molecule has 0 radical (unpaired) electrons. The Bertz CT molecular complexity index is 1900. The molecule has 230 valence electrons. The molecule has 4 heterocycles. The number of fused-ring (bicyclic) bond motifs is 1. The van der Waals surface area contributed by atoms with Crippen molar-refractivity contribution in [1.82, 2.24) is 30.3 Å². The first-order valence-corrected chi connectivity index (χ1v) is 15.3. The van der Waals surface area contributed by atoms with Crippen LogP contribution in [-0.4, -0.2) is 36.0 Å². The van der Waals surface area contributed by atoms with E-state index in [1.54, 1.807) is 24.5 Å². The number of nitrogens with zero attached hydrogens (tertiary/aromatic N) is 6. The summed E-state index contributed by atoms with van der Waals surface area (Å²) in [6.07, 6.45) is 8.78. The van der Waals surface area contributed by atoms with Gasteiger partial charge in [-0.15, -0.1) is 5.10 Å². The van der Waals surface area contributed by atoms with E-state index in [2.05, 4.69) is 70.0 Å². The van der Waals surface area contributed by atoms with Crippen LogP contribution in [0.15, 0.2) is 67.3 Å². The lowest BCUT2D eigenvalue weighted by Gasteiger charge is -2.46. The molecule has 1 fully saturated rings. The van der Waals surface area contributed by atoms with E-state index in [9.17, 15) is 9.65 Å². The molecule has 2 aromatic carbocycles. The number of halogens is 3. The summed E-state index contributed by atoms with van der Waals surface area (Å²) in [5.74, 6) is -0.539. The molecule has 6 rings (SSSR count). The molecule has 1 aliphatic heterocycles. The number of piperidine rings is 1. The van der Waals surface area contributed by atoms with Crippen molar-refractivity contribution >= 4 is 51.2 Å². The summed E-state index contributed by atoms with van der Waals surface area (Å²) in [6.45, 7) is 8.84. The Morgan fingerprint density at radius 1 is 1.04 bits per heavy atom. The zero-order valence-electron chi connectivity index (χ0n) is 25.2. The predicted molar refractivity (Wildman–Crippen MR) is 175 cm³/mol. The summed E-state index contributed by atoms with van der Waals surface area (Å²) in [7, 11) is 0. The van der Waals surface area contributed by atoms with Gasteiger partial charge in [-0.2, -0.15) is 5.26 Å². The number of pyridine rings is 2. The van der Waals surface area contributed by atoms with Gasteiger partial charge in [0.1, 0.15) is 17.6 Å². The van der Waals surface area contributed by atoms with Crippen molar-refractivity contribution < 1.29 is 4.39 Å². The molecule has 0 amide bonds. The molecule has 9 nitrogen and oxygen atoms in total. The first-order valence-electron chi connectivity index (χ1n) is 14.5. The Hall–Kier alpha value is -4.30. The molecule has 3 N–H and O–H groups in total. The third-order valence-electron chi connectivity index (χ3n) is 7.93. The molecule has 5 aromatic rings. The van der Waals surface area contributed by atoms with Crippen LogP contribution in [0.4, 0.5) is 21.5 Å². The number of hydrogen-bond donors (Lipinski definition) is 3. The van der Waals surface area contributed by atoms with Crippen molar-refractivity contribution in [2.45, 2.75) is 63.7 Å². The second-order valence-electron chi connectivity index (χ2n) is 12.7. The van der Waals surface area contributed by atoms with Crippen LogP contribution >= 0.6 is 23.2 Å². The Morgan fingerprint density at radius 2 is 1.80 bits per heavy atom. The normalized spacial score (nSPS) is 16.7. The van der Waals surface area contributed by atoms with E-state index in [4.69, 9.17) is 23.2 Å². The number of benzene rings is 2. The van der Waals surface area contributed by atoms with Gasteiger partial charge in [-0.1, -0.05) is 34.5 Å². The minimum atomic E-state index is -0.539. The summed E-state index contributed by atoms with van der Waals surface area (Å²) in [4.78, 5) is 8.80. The van der Waals surface area contributed by atoms with Crippen LogP contribution in [0.1, 0.15) is 69.4 Å². The quantitative estimate of drug-likeness (QED) is 0.163. The zero-order chi connectivity index (χ0) is 31.9. The van der Waals surface area contributed by atoms with Crippen LogP contribution in [0, 0.1) is 17.1 Å². The Labute approximate surface area is 270 Å². The summed E-state index contributed by atoms with van der Waals surface area (Å²) >= 11 is 12.8. The molecule has 3 aromatic heterocycles. The molecule has 0 aliphatic carbocycles. The summed E-state index contributed by atoms with van der Waals surface area (Å²) < 4.78 is 15.8. The summed E-state index contributed by atoms with van der Waals surface area (Å²) in [5.41, 5.74) is 3.92. The summed E-state index contributed by atoms with van der Waals surface area (Å²) in [6, 6.07) is 13.7. The lowest BCUT2D eigenvalue weighted by molar-refractivity contribution is 0.125. The maximum Gasteiger partial charge on any atom is 0.141 e. The fourth-order valence-corrected chi connectivity index (χ4v) is 6.83. The second-order valence-corrected chi connectivity index (χ2v) is 13.5. The lowest BCUT2D eigenvalue weighted by atomic mass is 9.80. The van der Waals surface area contributed by atoms with Crippen molar-refractivity contribution in [2.75, 3.05) is 10.6 Å². The Morgan fingerprint density at radius 3 is 2.49 bits per heavy atom. The van der Waals surface area contributed by atoms with Crippen LogP contribution in [0.3, 0.4) is 0 Å². The van der Waals surface area contributed by atoms with Crippen LogP contribution in [-0.2, 0) is 0 Å². The minimum absolute atomic E-state index is 0.0405. The number of rotatable bonds is 7. The third-order valence-corrected chi connectivity index (χ3v) is 8.51. The molecule has 45 heavy (non-hydrogen) atoms. The van der Waals surface area contributed by atoms with E-state index in [0.717, 1.165) is 24.1 Å². The average Bonchev–Trinajstić information content (AvgIpc) is 3.47. The minimum Gasteiger partial charge on any atom is -0.373 e. The molecule has 12 heteroatoms. The highest BCUT2D eigenvalue weighted by Gasteiger charge is 2.39. The molecular formula is C33H32Cl2FN9. The maximum absolute atomic E-state index is 13.9. The molecule has 0 bridgehead atoms. The Kier molecular flexibility index (Phi) is 8.12. The van der Waals surface area contributed by atoms with Gasteiger partial charge in [0.2, 0.25) is 0 Å². The van der Waals surface area contributed by atoms with Crippen LogP contribution < -0.4 is 16.0 Å². The highest BCUT2D eigenvalue weighted by molar-refractivity contribution is 6.36. The first kappa shape index (κ1) is 30.7. The molecule has 1 aliphatic rings. The zero-order valence-corrected chi connectivity index (χ0v) is 26.7. The highest BCUT2D eigenvalue weighted by Crippen LogP contribution is 2.38. The molecule has 0 saturated carbocycles. The smallest absolute Gasteiger partial charge is 0.141 e. The first-order chi connectivity index (χ1) is 21.4. The SMILES string of the molecule is CC1(C)CC(n2cc([C@@H](Nc3cc(Cl)c4ncc(C#N)c(Nc5ccc(F)c(Cl)c5)c4c3)c3cccnc3)nn2)CC(C)(C)N1. The molecular weight excluding hydrogens is 612 g/mol. The van der Waals surface area contributed by atoms with Gasteiger partial charge in [0.05, 0.1) is 45.1 Å². The van der Waals surface area contributed by atoms with E-state index in [1.807, 2.05) is 29.1 Å². The highest BCUT2D eigenvalue weighted by atomic mass is 35.5. The van der Waals surface area contributed by atoms with Gasteiger partial charge >= 0.3 is 0 Å². The van der Waals surface area contributed by atoms with Crippen molar-refractivity contribution in [3.05, 3.63) is 99.9 Å². The van der Waals surface area contributed by atoms with Gasteiger partial charge in [-0.3, -0.25) is 9.97 Å². The van der Waals surface area contributed by atoms with Gasteiger partial charge in [-0.25, -0.2) is 9.07 Å². The third kappa shape index (κ3) is 6.57. The van der Waals surface area contributed by atoms with E-state index >= 15 is 0 Å². The van der Waals surface area contributed by atoms with E-state index in [0.29, 0.717) is 33.0 Å². The topological polar surface area (TPSA) is 116 Å². The van der Waals surface area contributed by atoms with Crippen molar-refractivity contribution in [2.24, 2.45) is 0 Å². The van der Waals surface area contributed by atoms with Gasteiger partial charge in [0.25, 0.3) is 0 Å². The average molecular weight is 645 g/mol. The van der Waals surface area contributed by atoms with Crippen LogP contribution in [0.2, 0.25) is 10.0 Å². The monoisotopic (exact) mass is 643 g/mol. The van der Waals surface area contributed by atoms with Gasteiger partial charge in [0.15, 0.2) is 0 Å². The number of aromatic nitrogens is 5. The van der Waals surface area contributed by atoms with Gasteiger partial charge in [0, 0.05) is 46.4 Å². The van der Waals surface area contributed by atoms with Crippen molar-refractivity contribution in [3.63, 3.8) is 0 Å². The fraction of sp³-hybridized carbons (Fsp3) is 0.303.